The molecule has 106 valence electrons. The first-order valence-electron chi connectivity index (χ1n) is 6.20. The molecule has 0 radical (unpaired) electrons. The van der Waals surface area contributed by atoms with Crippen molar-refractivity contribution in [3.8, 4) is 0 Å². The Kier molecular flexibility index (Phi) is 5.52. The summed E-state index contributed by atoms with van der Waals surface area (Å²) in [6.45, 7) is 2.32. The Balaban J connectivity index is 1.81. The van der Waals surface area contributed by atoms with E-state index in [0.717, 1.165) is 5.69 Å². The van der Waals surface area contributed by atoms with Crippen LogP contribution >= 0.6 is 11.3 Å². The van der Waals surface area contributed by atoms with Crippen molar-refractivity contribution in [2.75, 3.05) is 13.2 Å². The van der Waals surface area contributed by atoms with Gasteiger partial charge in [-0.3, -0.25) is 4.79 Å². The largest absolute Gasteiger partial charge is 0.463 e. The van der Waals surface area contributed by atoms with Gasteiger partial charge in [-0.2, -0.15) is 5.10 Å². The Labute approximate surface area is 121 Å². The Morgan fingerprint density at radius 2 is 2.30 bits per heavy atom. The predicted octanol–water partition coefficient (Wildman–Crippen LogP) is 2.65. The highest BCUT2D eigenvalue weighted by Gasteiger charge is 1.99. The second-order valence-corrected chi connectivity index (χ2v) is 4.96. The van der Waals surface area contributed by atoms with Crippen LogP contribution in [-0.4, -0.2) is 29.0 Å². The molecule has 0 unspecified atom stereocenters. The van der Waals surface area contributed by atoms with Crippen molar-refractivity contribution in [3.63, 3.8) is 0 Å². The van der Waals surface area contributed by atoms with Crippen molar-refractivity contribution in [1.82, 2.24) is 9.78 Å². The predicted molar refractivity (Wildman–Crippen MR) is 78.1 cm³/mol. The van der Waals surface area contributed by atoms with Crippen LogP contribution in [0, 0.1) is 0 Å². The second-order valence-electron chi connectivity index (χ2n) is 3.98. The number of aromatic nitrogens is 2. The number of esters is 1. The summed E-state index contributed by atoms with van der Waals surface area (Å²) in [4.78, 5) is 11.8. The van der Waals surface area contributed by atoms with Crippen LogP contribution < -0.4 is 0 Å². The fourth-order valence-electron chi connectivity index (χ4n) is 1.54. The lowest BCUT2D eigenvalue weighted by molar-refractivity contribution is -0.142. The molecule has 0 saturated heterocycles. The number of ether oxygens (including phenoxy) is 2. The average Bonchev–Trinajstić information content (AvgIpc) is 3.06. The van der Waals surface area contributed by atoms with E-state index < -0.39 is 0 Å². The quantitative estimate of drug-likeness (QED) is 0.581. The summed E-state index contributed by atoms with van der Waals surface area (Å²) in [7, 11) is 0. The van der Waals surface area contributed by atoms with E-state index in [0.29, 0.717) is 13.3 Å². The molecule has 5 nitrogen and oxygen atoms in total. The number of nitrogens with zero attached hydrogens (tertiary/aromatic N) is 2. The molecule has 0 spiro atoms. The third kappa shape index (κ3) is 4.64. The molecule has 0 saturated carbocycles. The molecule has 0 fully saturated rings. The third-order valence-electron chi connectivity index (χ3n) is 2.46. The second kappa shape index (κ2) is 7.62. The Hall–Kier alpha value is -1.92. The van der Waals surface area contributed by atoms with Crippen molar-refractivity contribution in [1.29, 1.82) is 0 Å². The van der Waals surface area contributed by atoms with E-state index in [1.807, 2.05) is 29.7 Å². The van der Waals surface area contributed by atoms with Gasteiger partial charge in [-0.1, -0.05) is 6.07 Å². The number of hydrogen-bond donors (Lipinski definition) is 0. The highest BCUT2D eigenvalue weighted by atomic mass is 32.1. The molecule has 2 heterocycles. The molecule has 0 aliphatic rings. The van der Waals surface area contributed by atoms with Gasteiger partial charge in [-0.25, -0.2) is 4.68 Å². The Morgan fingerprint density at radius 3 is 3.05 bits per heavy atom. The lowest BCUT2D eigenvalue weighted by Gasteiger charge is -2.06. The van der Waals surface area contributed by atoms with Crippen LogP contribution in [0.25, 0.3) is 12.2 Å². The summed E-state index contributed by atoms with van der Waals surface area (Å²) in [6, 6.07) is 5.98. The van der Waals surface area contributed by atoms with E-state index in [1.54, 1.807) is 22.2 Å². The van der Waals surface area contributed by atoms with Gasteiger partial charge in [0.1, 0.15) is 13.3 Å². The van der Waals surface area contributed by atoms with Crippen molar-refractivity contribution < 1.29 is 14.3 Å². The smallest absolute Gasteiger partial charge is 0.302 e. The highest BCUT2D eigenvalue weighted by Crippen LogP contribution is 2.13. The fraction of sp³-hybridized carbons (Fsp3) is 0.286. The first-order valence-corrected chi connectivity index (χ1v) is 7.08. The van der Waals surface area contributed by atoms with Crippen molar-refractivity contribution in [2.45, 2.75) is 13.7 Å². The molecule has 0 amide bonds. The summed E-state index contributed by atoms with van der Waals surface area (Å²) < 4.78 is 11.9. The van der Waals surface area contributed by atoms with E-state index >= 15 is 0 Å². The maximum absolute atomic E-state index is 10.6. The first-order chi connectivity index (χ1) is 9.75. The van der Waals surface area contributed by atoms with Crippen molar-refractivity contribution in [2.24, 2.45) is 0 Å². The van der Waals surface area contributed by atoms with Gasteiger partial charge in [0, 0.05) is 18.0 Å². The van der Waals surface area contributed by atoms with E-state index in [1.165, 1.54) is 11.8 Å². The normalized spacial score (nSPS) is 11.1. The Bertz CT molecular complexity index is 561. The summed E-state index contributed by atoms with van der Waals surface area (Å²) in [6.07, 6.45) is 5.76. The lowest BCUT2D eigenvalue weighted by atomic mass is 10.3. The van der Waals surface area contributed by atoms with E-state index in [9.17, 15) is 4.79 Å². The molecule has 0 aliphatic carbocycles. The van der Waals surface area contributed by atoms with Gasteiger partial charge in [0.05, 0.1) is 12.3 Å². The van der Waals surface area contributed by atoms with Crippen LogP contribution in [0.2, 0.25) is 0 Å². The van der Waals surface area contributed by atoms with Crippen LogP contribution in [0.3, 0.4) is 0 Å². The average molecular weight is 292 g/mol. The van der Waals surface area contributed by atoms with Crippen LogP contribution in [0.15, 0.2) is 29.8 Å². The third-order valence-corrected chi connectivity index (χ3v) is 3.30. The molecule has 0 atom stereocenters. The minimum atomic E-state index is -0.299. The van der Waals surface area contributed by atoms with E-state index in [2.05, 4.69) is 11.2 Å². The summed E-state index contributed by atoms with van der Waals surface area (Å²) in [5.74, 6) is -0.299. The van der Waals surface area contributed by atoms with Gasteiger partial charge in [-0.05, 0) is 29.7 Å². The fourth-order valence-corrected chi connectivity index (χ4v) is 2.16. The summed E-state index contributed by atoms with van der Waals surface area (Å²) >= 11 is 1.68. The van der Waals surface area contributed by atoms with E-state index in [4.69, 9.17) is 9.47 Å². The number of carbonyl (C=O) groups is 1. The van der Waals surface area contributed by atoms with Gasteiger partial charge in [0.2, 0.25) is 0 Å². The Morgan fingerprint density at radius 1 is 1.40 bits per heavy atom. The van der Waals surface area contributed by atoms with Gasteiger partial charge < -0.3 is 9.47 Å². The number of thiophene rings is 1. The zero-order valence-electron chi connectivity index (χ0n) is 11.2. The SMILES string of the molecule is CC(=O)OCCOCn1nccc1/C=C/c1cccs1. The van der Waals surface area contributed by atoms with Crippen molar-refractivity contribution in [3.05, 3.63) is 40.3 Å². The summed E-state index contributed by atoms with van der Waals surface area (Å²) in [5.41, 5.74) is 0.964. The van der Waals surface area contributed by atoms with Crippen molar-refractivity contribution >= 4 is 29.5 Å². The first kappa shape index (κ1) is 14.5. The number of hydrogen-bond acceptors (Lipinski definition) is 5. The zero-order chi connectivity index (χ0) is 14.2. The molecule has 2 aromatic rings. The van der Waals surface area contributed by atoms with Gasteiger partial charge in [0.25, 0.3) is 0 Å². The molecule has 0 aromatic carbocycles. The number of carbonyl (C=O) groups excluding carboxylic acids is 1. The van der Waals surface area contributed by atoms with Gasteiger partial charge in [0.15, 0.2) is 0 Å². The van der Waals surface area contributed by atoms with Crippen LogP contribution in [0.1, 0.15) is 17.5 Å². The van der Waals surface area contributed by atoms with Gasteiger partial charge in [-0.15, -0.1) is 11.3 Å². The topological polar surface area (TPSA) is 53.4 Å². The zero-order valence-corrected chi connectivity index (χ0v) is 12.0. The van der Waals surface area contributed by atoms with Crippen LogP contribution in [-0.2, 0) is 21.0 Å². The maximum atomic E-state index is 10.6. The van der Waals surface area contributed by atoms with E-state index in [-0.39, 0.29) is 12.6 Å². The monoisotopic (exact) mass is 292 g/mol. The molecule has 0 bridgehead atoms. The summed E-state index contributed by atoms with van der Waals surface area (Å²) in [5, 5.41) is 6.22. The minimum Gasteiger partial charge on any atom is -0.463 e. The minimum absolute atomic E-state index is 0.261. The molecule has 20 heavy (non-hydrogen) atoms. The molecule has 0 N–H and O–H groups in total. The maximum Gasteiger partial charge on any atom is 0.302 e. The number of rotatable bonds is 7. The molecule has 2 rings (SSSR count). The van der Waals surface area contributed by atoms with Crippen LogP contribution in [0.4, 0.5) is 0 Å². The van der Waals surface area contributed by atoms with Crippen LogP contribution in [0.5, 0.6) is 0 Å². The molecule has 0 aliphatic heterocycles. The molecular formula is C14H16N2O3S. The molecule has 6 heteroatoms. The standard InChI is InChI=1S/C14H16N2O3S/c1-12(17)19-9-8-18-11-16-13(6-7-15-16)4-5-14-3-2-10-20-14/h2-7,10H,8-9,11H2,1H3/b5-4+. The molecular weight excluding hydrogens is 276 g/mol. The van der Waals surface area contributed by atoms with Gasteiger partial charge >= 0.3 is 5.97 Å². The lowest BCUT2D eigenvalue weighted by Crippen LogP contribution is -2.11. The molecule has 2 aromatic heterocycles. The highest BCUT2D eigenvalue weighted by molar-refractivity contribution is 7.10.